The molecule has 0 saturated carbocycles. The lowest BCUT2D eigenvalue weighted by Gasteiger charge is -2.20. The highest BCUT2D eigenvalue weighted by molar-refractivity contribution is 5.87. The summed E-state index contributed by atoms with van der Waals surface area (Å²) in [5.74, 6) is -1.11. The van der Waals surface area contributed by atoms with Crippen molar-refractivity contribution in [1.29, 1.82) is 0 Å². The first-order valence-corrected chi connectivity index (χ1v) is 8.03. The number of aliphatic carboxylic acids is 1. The molecular formula is C19H23NO4. The zero-order valence-electron chi connectivity index (χ0n) is 14.0. The molecule has 24 heavy (non-hydrogen) atoms. The average Bonchev–Trinajstić information content (AvgIpc) is 2.58. The van der Waals surface area contributed by atoms with Gasteiger partial charge in [-0.1, -0.05) is 42.5 Å². The molecule has 0 saturated heterocycles. The second-order valence-electron chi connectivity index (χ2n) is 5.87. The lowest BCUT2D eigenvalue weighted by atomic mass is 9.96. The summed E-state index contributed by atoms with van der Waals surface area (Å²) >= 11 is 0. The van der Waals surface area contributed by atoms with Crippen LogP contribution in [0.3, 0.4) is 0 Å². The van der Waals surface area contributed by atoms with Crippen LogP contribution in [0.4, 0.5) is 0 Å². The number of methoxy groups -OCH3 is 1. The predicted molar refractivity (Wildman–Crippen MR) is 92.8 cm³/mol. The van der Waals surface area contributed by atoms with Gasteiger partial charge in [0.1, 0.15) is 0 Å². The van der Waals surface area contributed by atoms with E-state index in [9.17, 15) is 14.7 Å². The van der Waals surface area contributed by atoms with E-state index in [1.54, 1.807) is 7.11 Å². The number of hydrogen-bond donors (Lipinski definition) is 2. The molecule has 0 aliphatic rings. The summed E-state index contributed by atoms with van der Waals surface area (Å²) in [7, 11) is 1.60. The quantitative estimate of drug-likeness (QED) is 0.779. The number of hydrogen-bond acceptors (Lipinski definition) is 3. The second-order valence-corrected chi connectivity index (χ2v) is 5.87. The molecule has 0 heterocycles. The Kier molecular flexibility index (Phi) is 6.32. The van der Waals surface area contributed by atoms with Gasteiger partial charge in [-0.15, -0.1) is 0 Å². The zero-order valence-corrected chi connectivity index (χ0v) is 14.0. The van der Waals surface area contributed by atoms with Crippen molar-refractivity contribution >= 4 is 22.6 Å². The van der Waals surface area contributed by atoms with E-state index in [1.807, 2.05) is 49.4 Å². The van der Waals surface area contributed by atoms with Crippen LogP contribution in [0.1, 0.15) is 37.8 Å². The van der Waals surface area contributed by atoms with Gasteiger partial charge >= 0.3 is 5.97 Å². The number of rotatable bonds is 8. The lowest BCUT2D eigenvalue weighted by Crippen LogP contribution is -2.30. The molecule has 0 aliphatic carbocycles. The first-order valence-electron chi connectivity index (χ1n) is 8.03. The number of carbonyl (C=O) groups excluding carboxylic acids is 1. The van der Waals surface area contributed by atoms with E-state index in [0.717, 1.165) is 16.3 Å². The van der Waals surface area contributed by atoms with Crippen LogP contribution in [-0.2, 0) is 14.3 Å². The largest absolute Gasteiger partial charge is 0.481 e. The van der Waals surface area contributed by atoms with Crippen molar-refractivity contribution in [3.05, 3.63) is 48.0 Å². The number of carboxylic acids is 1. The summed E-state index contributed by atoms with van der Waals surface area (Å²) in [6, 6.07) is 12.9. The van der Waals surface area contributed by atoms with Crippen LogP contribution in [0.5, 0.6) is 0 Å². The van der Waals surface area contributed by atoms with E-state index in [1.165, 1.54) is 0 Å². The molecule has 2 aromatic rings. The van der Waals surface area contributed by atoms with Gasteiger partial charge in [-0.3, -0.25) is 9.59 Å². The molecule has 1 amide bonds. The SMILES string of the molecule is COC(C)CCC(=O)N[C@H](CC(=O)O)c1cccc2ccccc12. The minimum atomic E-state index is -0.946. The van der Waals surface area contributed by atoms with Gasteiger partial charge in [0.05, 0.1) is 18.6 Å². The van der Waals surface area contributed by atoms with Crippen LogP contribution in [0.2, 0.25) is 0 Å². The average molecular weight is 329 g/mol. The van der Waals surface area contributed by atoms with Gasteiger partial charge in [0.15, 0.2) is 0 Å². The maximum atomic E-state index is 12.2. The van der Waals surface area contributed by atoms with Gasteiger partial charge in [-0.2, -0.15) is 0 Å². The van der Waals surface area contributed by atoms with Gasteiger partial charge < -0.3 is 15.2 Å². The molecule has 2 aromatic carbocycles. The van der Waals surface area contributed by atoms with E-state index >= 15 is 0 Å². The number of carboxylic acid groups (broad SMARTS) is 1. The third-order valence-corrected chi connectivity index (χ3v) is 4.09. The Morgan fingerprint density at radius 2 is 1.88 bits per heavy atom. The second kappa shape index (κ2) is 8.45. The predicted octanol–water partition coefficient (Wildman–Crippen LogP) is 3.29. The minimum absolute atomic E-state index is 0.00812. The maximum Gasteiger partial charge on any atom is 0.305 e. The number of nitrogens with one attached hydrogen (secondary N) is 1. The van der Waals surface area contributed by atoms with E-state index in [-0.39, 0.29) is 18.4 Å². The van der Waals surface area contributed by atoms with E-state index in [0.29, 0.717) is 12.8 Å². The van der Waals surface area contributed by atoms with E-state index in [2.05, 4.69) is 5.32 Å². The van der Waals surface area contributed by atoms with Crippen LogP contribution in [-0.4, -0.2) is 30.2 Å². The Morgan fingerprint density at radius 1 is 1.17 bits per heavy atom. The molecule has 128 valence electrons. The number of fused-ring (bicyclic) bond motifs is 1. The molecule has 1 unspecified atom stereocenters. The molecule has 2 atom stereocenters. The van der Waals surface area contributed by atoms with Crippen molar-refractivity contribution in [2.75, 3.05) is 7.11 Å². The summed E-state index contributed by atoms with van der Waals surface area (Å²) in [5.41, 5.74) is 0.823. The van der Waals surface area contributed by atoms with E-state index < -0.39 is 12.0 Å². The highest BCUT2D eigenvalue weighted by atomic mass is 16.5. The maximum absolute atomic E-state index is 12.2. The Hall–Kier alpha value is -2.40. The Labute approximate surface area is 141 Å². The minimum Gasteiger partial charge on any atom is -0.481 e. The molecule has 5 heteroatoms. The Morgan fingerprint density at radius 3 is 2.58 bits per heavy atom. The molecule has 0 fully saturated rings. The molecule has 0 spiro atoms. The topological polar surface area (TPSA) is 75.6 Å². The molecule has 5 nitrogen and oxygen atoms in total. The van der Waals surface area contributed by atoms with Crippen LogP contribution in [0.15, 0.2) is 42.5 Å². The molecule has 0 aromatic heterocycles. The number of ether oxygens (including phenoxy) is 1. The van der Waals surface area contributed by atoms with Crippen LogP contribution in [0, 0.1) is 0 Å². The fraction of sp³-hybridized carbons (Fsp3) is 0.368. The van der Waals surface area contributed by atoms with Crippen LogP contribution >= 0.6 is 0 Å². The molecular weight excluding hydrogens is 306 g/mol. The van der Waals surface area contributed by atoms with Crippen LogP contribution in [0.25, 0.3) is 10.8 Å². The summed E-state index contributed by atoms with van der Waals surface area (Å²) in [4.78, 5) is 23.4. The number of amides is 1. The smallest absolute Gasteiger partial charge is 0.305 e. The van der Waals surface area contributed by atoms with Gasteiger partial charge in [0.2, 0.25) is 5.91 Å². The monoisotopic (exact) mass is 329 g/mol. The lowest BCUT2D eigenvalue weighted by molar-refractivity contribution is -0.137. The number of benzene rings is 2. The summed E-state index contributed by atoms with van der Waals surface area (Å²) < 4.78 is 5.14. The fourth-order valence-electron chi connectivity index (χ4n) is 2.69. The molecule has 2 N–H and O–H groups in total. The van der Waals surface area contributed by atoms with Crippen molar-refractivity contribution in [2.45, 2.75) is 38.3 Å². The van der Waals surface area contributed by atoms with Crippen molar-refractivity contribution < 1.29 is 19.4 Å². The van der Waals surface area contributed by atoms with Gasteiger partial charge in [0.25, 0.3) is 0 Å². The normalized spacial score (nSPS) is 13.4. The Balaban J connectivity index is 2.21. The van der Waals surface area contributed by atoms with Gasteiger partial charge in [-0.05, 0) is 29.7 Å². The fourth-order valence-corrected chi connectivity index (χ4v) is 2.69. The first kappa shape index (κ1) is 17.9. The summed E-state index contributed by atoms with van der Waals surface area (Å²) in [6.45, 7) is 1.90. The standard InChI is InChI=1S/C19H23NO4/c1-13(24-2)10-11-18(21)20-17(12-19(22)23)16-9-5-7-14-6-3-4-8-15(14)16/h3-9,13,17H,10-12H2,1-2H3,(H,20,21)(H,22,23)/t13?,17-/m1/s1. The van der Waals surface area contributed by atoms with Gasteiger partial charge in [0, 0.05) is 13.5 Å². The molecule has 0 bridgehead atoms. The zero-order chi connectivity index (χ0) is 17.5. The third-order valence-electron chi connectivity index (χ3n) is 4.09. The first-order chi connectivity index (χ1) is 11.5. The van der Waals surface area contributed by atoms with Crippen molar-refractivity contribution in [3.63, 3.8) is 0 Å². The van der Waals surface area contributed by atoms with Crippen molar-refractivity contribution in [2.24, 2.45) is 0 Å². The molecule has 2 rings (SSSR count). The molecule has 0 radical (unpaired) electrons. The number of carbonyl (C=O) groups is 2. The van der Waals surface area contributed by atoms with Crippen LogP contribution < -0.4 is 5.32 Å². The highest BCUT2D eigenvalue weighted by Gasteiger charge is 2.20. The van der Waals surface area contributed by atoms with Crippen molar-refractivity contribution in [1.82, 2.24) is 5.32 Å². The third kappa shape index (κ3) is 4.80. The van der Waals surface area contributed by atoms with Crippen molar-refractivity contribution in [3.8, 4) is 0 Å². The van der Waals surface area contributed by atoms with E-state index in [4.69, 9.17) is 4.74 Å². The molecule has 0 aliphatic heterocycles. The highest BCUT2D eigenvalue weighted by Crippen LogP contribution is 2.26. The summed E-state index contributed by atoms with van der Waals surface area (Å²) in [5, 5.41) is 14.1. The Bertz CT molecular complexity index is 708. The van der Waals surface area contributed by atoms with Gasteiger partial charge in [-0.25, -0.2) is 0 Å². The summed E-state index contributed by atoms with van der Waals surface area (Å²) in [6.07, 6.45) is 0.735.